The Kier molecular flexibility index (Phi) is 4.39. The smallest absolute Gasteiger partial charge is 0.238 e. The molecule has 0 unspecified atom stereocenters. The number of aryl methyl sites for hydroxylation is 1. The standard InChI is InChI=1S/C18H19NO2S/c1-3-21-15-8-6-14(7-9-15)19-18(20)17-11-13-5-4-12(2)10-16(13)22-17/h4-10,17H,3,11H2,1-2H3,(H,19,20)/t17-/m1/s1. The normalized spacial score (nSPS) is 16.2. The summed E-state index contributed by atoms with van der Waals surface area (Å²) < 4.78 is 5.40. The molecule has 3 nitrogen and oxygen atoms in total. The number of rotatable bonds is 4. The van der Waals surface area contributed by atoms with Crippen LogP contribution in [-0.2, 0) is 11.2 Å². The molecule has 0 bridgehead atoms. The number of hydrogen-bond acceptors (Lipinski definition) is 3. The maximum Gasteiger partial charge on any atom is 0.238 e. The van der Waals surface area contributed by atoms with E-state index in [4.69, 9.17) is 4.74 Å². The maximum atomic E-state index is 12.4. The molecule has 0 radical (unpaired) electrons. The summed E-state index contributed by atoms with van der Waals surface area (Å²) in [5.41, 5.74) is 3.31. The summed E-state index contributed by atoms with van der Waals surface area (Å²) in [6.07, 6.45) is 0.795. The minimum atomic E-state index is -0.0524. The molecular weight excluding hydrogens is 294 g/mol. The summed E-state index contributed by atoms with van der Waals surface area (Å²) in [7, 11) is 0. The number of carbonyl (C=O) groups is 1. The van der Waals surface area contributed by atoms with E-state index in [9.17, 15) is 4.79 Å². The Labute approximate surface area is 135 Å². The fraction of sp³-hybridized carbons (Fsp3) is 0.278. The van der Waals surface area contributed by atoms with E-state index in [-0.39, 0.29) is 11.2 Å². The molecule has 22 heavy (non-hydrogen) atoms. The van der Waals surface area contributed by atoms with E-state index in [0.717, 1.165) is 17.9 Å². The Morgan fingerprint density at radius 3 is 2.77 bits per heavy atom. The third-order valence-electron chi connectivity index (χ3n) is 3.62. The van der Waals surface area contributed by atoms with Crippen molar-refractivity contribution in [3.8, 4) is 5.75 Å². The van der Waals surface area contributed by atoms with Crippen LogP contribution in [0, 0.1) is 6.92 Å². The zero-order chi connectivity index (χ0) is 15.5. The molecule has 1 heterocycles. The summed E-state index contributed by atoms with van der Waals surface area (Å²) in [5.74, 6) is 0.877. The van der Waals surface area contributed by atoms with Crippen LogP contribution in [0.1, 0.15) is 18.1 Å². The van der Waals surface area contributed by atoms with Crippen LogP contribution in [0.4, 0.5) is 5.69 Å². The van der Waals surface area contributed by atoms with Crippen LogP contribution in [0.3, 0.4) is 0 Å². The van der Waals surface area contributed by atoms with Crippen molar-refractivity contribution in [2.75, 3.05) is 11.9 Å². The summed E-state index contributed by atoms with van der Waals surface area (Å²) in [4.78, 5) is 13.6. The molecule has 0 saturated carbocycles. The van der Waals surface area contributed by atoms with Crippen LogP contribution in [-0.4, -0.2) is 17.8 Å². The summed E-state index contributed by atoms with van der Waals surface area (Å²) in [6, 6.07) is 13.9. The first-order chi connectivity index (χ1) is 10.7. The second-order valence-corrected chi connectivity index (χ2v) is 6.61. The number of ether oxygens (including phenoxy) is 1. The number of anilines is 1. The van der Waals surface area contributed by atoms with Crippen molar-refractivity contribution in [3.63, 3.8) is 0 Å². The number of thioether (sulfide) groups is 1. The molecule has 0 fully saturated rings. The number of fused-ring (bicyclic) bond motifs is 1. The molecule has 0 aromatic heterocycles. The van der Waals surface area contributed by atoms with Gasteiger partial charge in [0.05, 0.1) is 11.9 Å². The van der Waals surface area contributed by atoms with Crippen molar-refractivity contribution in [1.29, 1.82) is 0 Å². The SMILES string of the molecule is CCOc1ccc(NC(=O)[C@H]2Cc3ccc(C)cc3S2)cc1. The molecule has 0 spiro atoms. The predicted molar refractivity (Wildman–Crippen MR) is 90.8 cm³/mol. The molecule has 1 atom stereocenters. The molecule has 0 aliphatic carbocycles. The lowest BCUT2D eigenvalue weighted by molar-refractivity contribution is -0.115. The van der Waals surface area contributed by atoms with Crippen LogP contribution < -0.4 is 10.1 Å². The van der Waals surface area contributed by atoms with Crippen molar-refractivity contribution in [2.24, 2.45) is 0 Å². The minimum Gasteiger partial charge on any atom is -0.494 e. The molecule has 3 rings (SSSR count). The molecule has 0 saturated heterocycles. The number of benzene rings is 2. The number of carbonyl (C=O) groups excluding carboxylic acids is 1. The van der Waals surface area contributed by atoms with Crippen LogP contribution in [0.25, 0.3) is 0 Å². The molecule has 1 N–H and O–H groups in total. The van der Waals surface area contributed by atoms with E-state index < -0.39 is 0 Å². The molecule has 1 amide bonds. The van der Waals surface area contributed by atoms with Crippen molar-refractivity contribution in [2.45, 2.75) is 30.4 Å². The van der Waals surface area contributed by atoms with Crippen LogP contribution in [0.2, 0.25) is 0 Å². The highest BCUT2D eigenvalue weighted by Crippen LogP contribution is 2.38. The van der Waals surface area contributed by atoms with Gasteiger partial charge in [-0.3, -0.25) is 4.79 Å². The fourth-order valence-corrected chi connectivity index (χ4v) is 3.80. The molecule has 2 aromatic rings. The lowest BCUT2D eigenvalue weighted by Gasteiger charge is -2.10. The summed E-state index contributed by atoms with van der Waals surface area (Å²) in [6.45, 7) is 4.67. The summed E-state index contributed by atoms with van der Waals surface area (Å²) >= 11 is 1.65. The van der Waals surface area contributed by atoms with Gasteiger partial charge in [-0.05, 0) is 56.2 Å². The lowest BCUT2D eigenvalue weighted by atomic mass is 10.1. The van der Waals surface area contributed by atoms with Gasteiger partial charge in [-0.2, -0.15) is 0 Å². The minimum absolute atomic E-state index is 0.0524. The molecule has 1 aliphatic heterocycles. The number of hydrogen-bond donors (Lipinski definition) is 1. The average Bonchev–Trinajstić information content (AvgIpc) is 2.92. The third-order valence-corrected chi connectivity index (χ3v) is 4.92. The topological polar surface area (TPSA) is 38.3 Å². The van der Waals surface area contributed by atoms with Gasteiger partial charge in [-0.1, -0.05) is 17.7 Å². The van der Waals surface area contributed by atoms with E-state index in [1.165, 1.54) is 16.0 Å². The van der Waals surface area contributed by atoms with Gasteiger partial charge < -0.3 is 10.1 Å². The van der Waals surface area contributed by atoms with E-state index in [1.807, 2.05) is 31.2 Å². The van der Waals surface area contributed by atoms with Gasteiger partial charge in [0, 0.05) is 10.6 Å². The molecule has 2 aromatic carbocycles. The monoisotopic (exact) mass is 313 g/mol. The number of nitrogens with one attached hydrogen (secondary N) is 1. The van der Waals surface area contributed by atoms with Crippen LogP contribution >= 0.6 is 11.8 Å². The van der Waals surface area contributed by atoms with Crippen molar-refractivity contribution in [1.82, 2.24) is 0 Å². The number of amides is 1. The van der Waals surface area contributed by atoms with Gasteiger partial charge in [-0.15, -0.1) is 11.8 Å². The largest absolute Gasteiger partial charge is 0.494 e. The highest BCUT2D eigenvalue weighted by atomic mass is 32.2. The van der Waals surface area contributed by atoms with Gasteiger partial charge in [0.15, 0.2) is 0 Å². The van der Waals surface area contributed by atoms with Crippen LogP contribution in [0.5, 0.6) is 5.75 Å². The zero-order valence-electron chi connectivity index (χ0n) is 12.8. The fourth-order valence-electron chi connectivity index (χ4n) is 2.50. The van der Waals surface area contributed by atoms with E-state index in [1.54, 1.807) is 11.8 Å². The van der Waals surface area contributed by atoms with Gasteiger partial charge in [0.2, 0.25) is 5.91 Å². The third kappa shape index (κ3) is 3.28. The first-order valence-electron chi connectivity index (χ1n) is 7.45. The van der Waals surface area contributed by atoms with Crippen molar-refractivity contribution < 1.29 is 9.53 Å². The highest BCUT2D eigenvalue weighted by molar-refractivity contribution is 8.01. The second kappa shape index (κ2) is 6.44. The van der Waals surface area contributed by atoms with Gasteiger partial charge >= 0.3 is 0 Å². The van der Waals surface area contributed by atoms with E-state index in [0.29, 0.717) is 6.61 Å². The molecular formula is C18H19NO2S. The zero-order valence-corrected chi connectivity index (χ0v) is 13.6. The van der Waals surface area contributed by atoms with Crippen molar-refractivity contribution in [3.05, 3.63) is 53.6 Å². The van der Waals surface area contributed by atoms with Crippen LogP contribution in [0.15, 0.2) is 47.4 Å². The predicted octanol–water partition coefficient (Wildman–Crippen LogP) is 4.05. The highest BCUT2D eigenvalue weighted by Gasteiger charge is 2.28. The second-order valence-electron chi connectivity index (χ2n) is 5.37. The molecule has 114 valence electrons. The molecule has 4 heteroatoms. The maximum absolute atomic E-state index is 12.4. The van der Waals surface area contributed by atoms with Gasteiger partial charge in [0.25, 0.3) is 0 Å². The summed E-state index contributed by atoms with van der Waals surface area (Å²) in [5, 5.41) is 2.93. The average molecular weight is 313 g/mol. The Morgan fingerprint density at radius 2 is 2.05 bits per heavy atom. The Balaban J connectivity index is 1.63. The Bertz CT molecular complexity index is 682. The van der Waals surface area contributed by atoms with E-state index in [2.05, 4.69) is 30.4 Å². The Morgan fingerprint density at radius 1 is 1.27 bits per heavy atom. The van der Waals surface area contributed by atoms with E-state index >= 15 is 0 Å². The quantitative estimate of drug-likeness (QED) is 0.925. The lowest BCUT2D eigenvalue weighted by Crippen LogP contribution is -2.24. The molecule has 1 aliphatic rings. The van der Waals surface area contributed by atoms with Gasteiger partial charge in [-0.25, -0.2) is 0 Å². The van der Waals surface area contributed by atoms with Crippen molar-refractivity contribution >= 4 is 23.4 Å². The first kappa shape index (κ1) is 15.0. The Hall–Kier alpha value is -1.94. The first-order valence-corrected chi connectivity index (χ1v) is 8.33. The van der Waals surface area contributed by atoms with Gasteiger partial charge in [0.1, 0.15) is 5.75 Å².